The van der Waals surface area contributed by atoms with Crippen molar-refractivity contribution in [3.8, 4) is 0 Å². The molecule has 0 aromatic heterocycles. The highest BCUT2D eigenvalue weighted by molar-refractivity contribution is 6.07. The van der Waals surface area contributed by atoms with Crippen LogP contribution in [0.15, 0.2) is 36.4 Å². The van der Waals surface area contributed by atoms with Gasteiger partial charge in [-0.25, -0.2) is 0 Å². The fraction of sp³-hybridized carbons (Fsp3) is 0.316. The van der Waals surface area contributed by atoms with E-state index in [0.717, 1.165) is 41.8 Å². The second-order valence-corrected chi connectivity index (χ2v) is 6.07. The van der Waals surface area contributed by atoms with Crippen molar-refractivity contribution in [2.24, 2.45) is 0 Å². The normalized spacial score (nSPS) is 14.0. The van der Waals surface area contributed by atoms with Gasteiger partial charge in [-0.15, -0.1) is 0 Å². The molecule has 2 aromatic carbocycles. The Labute approximate surface area is 126 Å². The van der Waals surface area contributed by atoms with Gasteiger partial charge in [0.05, 0.1) is 0 Å². The Bertz CT molecular complexity index is 682. The van der Waals surface area contributed by atoms with Crippen LogP contribution in [0.25, 0.3) is 0 Å². The third-order valence-electron chi connectivity index (χ3n) is 4.07. The van der Waals surface area contributed by atoms with Gasteiger partial charge >= 0.3 is 0 Å². The van der Waals surface area contributed by atoms with Crippen molar-refractivity contribution in [2.45, 2.75) is 33.6 Å². The van der Waals surface area contributed by atoms with Crippen molar-refractivity contribution in [3.05, 3.63) is 64.2 Å². The van der Waals surface area contributed by atoms with E-state index in [1.54, 1.807) is 0 Å². The maximum atomic E-state index is 12.9. The van der Waals surface area contributed by atoms with Gasteiger partial charge in [0.25, 0.3) is 5.91 Å². The fourth-order valence-corrected chi connectivity index (χ4v) is 3.19. The summed E-state index contributed by atoms with van der Waals surface area (Å²) >= 11 is 0. The van der Waals surface area contributed by atoms with Gasteiger partial charge in [-0.2, -0.15) is 0 Å². The predicted molar refractivity (Wildman–Crippen MR) is 87.1 cm³/mol. The van der Waals surface area contributed by atoms with Gasteiger partial charge < -0.3 is 4.90 Å². The minimum absolute atomic E-state index is 0.117. The predicted octanol–water partition coefficient (Wildman–Crippen LogP) is 4.20. The molecule has 2 nitrogen and oxygen atoms in total. The number of anilines is 1. The van der Waals surface area contributed by atoms with E-state index >= 15 is 0 Å². The van der Waals surface area contributed by atoms with Crippen molar-refractivity contribution in [2.75, 3.05) is 11.4 Å². The number of rotatable bonds is 1. The average molecular weight is 279 g/mol. The number of fused-ring (bicyclic) bond motifs is 1. The zero-order valence-electron chi connectivity index (χ0n) is 12.9. The SMILES string of the molecule is Cc1cc(C)cc(C(=O)N2CCCc3cc(C)ccc32)c1. The lowest BCUT2D eigenvalue weighted by atomic mass is 9.98. The Morgan fingerprint density at radius 3 is 2.38 bits per heavy atom. The minimum atomic E-state index is 0.117. The van der Waals surface area contributed by atoms with E-state index in [1.165, 1.54) is 11.1 Å². The van der Waals surface area contributed by atoms with Crippen LogP contribution in [-0.4, -0.2) is 12.5 Å². The van der Waals surface area contributed by atoms with E-state index in [-0.39, 0.29) is 5.91 Å². The first-order valence-electron chi connectivity index (χ1n) is 7.54. The summed E-state index contributed by atoms with van der Waals surface area (Å²) in [6.45, 7) is 6.99. The highest BCUT2D eigenvalue weighted by Crippen LogP contribution is 2.29. The molecule has 1 aliphatic heterocycles. The van der Waals surface area contributed by atoms with E-state index in [9.17, 15) is 4.79 Å². The Kier molecular flexibility index (Phi) is 3.54. The van der Waals surface area contributed by atoms with Gasteiger partial charge in [0.1, 0.15) is 0 Å². The topological polar surface area (TPSA) is 20.3 Å². The van der Waals surface area contributed by atoms with Gasteiger partial charge in [-0.1, -0.05) is 34.9 Å². The molecular formula is C19H21NO. The Morgan fingerprint density at radius 2 is 1.67 bits per heavy atom. The molecule has 0 bridgehead atoms. The summed E-state index contributed by atoms with van der Waals surface area (Å²) in [4.78, 5) is 14.8. The molecule has 0 unspecified atom stereocenters. The number of carbonyl (C=O) groups is 1. The number of amides is 1. The monoisotopic (exact) mass is 279 g/mol. The lowest BCUT2D eigenvalue weighted by Gasteiger charge is -2.30. The smallest absolute Gasteiger partial charge is 0.258 e. The van der Waals surface area contributed by atoms with Crippen LogP contribution in [0.4, 0.5) is 5.69 Å². The standard InChI is InChI=1S/C19H21NO/c1-13-6-7-18-16(10-13)5-4-8-20(18)19(21)17-11-14(2)9-15(3)12-17/h6-7,9-12H,4-5,8H2,1-3H3. The van der Waals surface area contributed by atoms with E-state index in [0.29, 0.717) is 0 Å². The first-order valence-corrected chi connectivity index (χ1v) is 7.54. The first kappa shape index (κ1) is 13.9. The van der Waals surface area contributed by atoms with Crippen LogP contribution in [-0.2, 0) is 6.42 Å². The second kappa shape index (κ2) is 5.36. The van der Waals surface area contributed by atoms with Crippen molar-refractivity contribution >= 4 is 11.6 Å². The largest absolute Gasteiger partial charge is 0.308 e. The highest BCUT2D eigenvalue weighted by Gasteiger charge is 2.23. The van der Waals surface area contributed by atoms with Crippen LogP contribution in [0.3, 0.4) is 0 Å². The van der Waals surface area contributed by atoms with E-state index < -0.39 is 0 Å². The molecule has 2 aromatic rings. The van der Waals surface area contributed by atoms with E-state index in [1.807, 2.05) is 30.9 Å². The van der Waals surface area contributed by atoms with Crippen LogP contribution in [0.5, 0.6) is 0 Å². The quantitative estimate of drug-likeness (QED) is 0.766. The van der Waals surface area contributed by atoms with E-state index in [2.05, 4.69) is 31.2 Å². The molecule has 2 heteroatoms. The molecule has 1 aliphatic rings. The maximum Gasteiger partial charge on any atom is 0.258 e. The van der Waals surface area contributed by atoms with Crippen LogP contribution < -0.4 is 4.90 Å². The lowest BCUT2D eigenvalue weighted by Crippen LogP contribution is -2.35. The fourth-order valence-electron chi connectivity index (χ4n) is 3.19. The third-order valence-corrected chi connectivity index (χ3v) is 4.07. The zero-order chi connectivity index (χ0) is 15.0. The number of nitrogens with zero attached hydrogens (tertiary/aromatic N) is 1. The molecule has 0 atom stereocenters. The summed E-state index contributed by atoms with van der Waals surface area (Å²) in [5, 5.41) is 0. The molecule has 0 aliphatic carbocycles. The third kappa shape index (κ3) is 2.71. The molecule has 1 amide bonds. The van der Waals surface area contributed by atoms with Gasteiger partial charge in [0, 0.05) is 17.8 Å². The molecule has 0 saturated heterocycles. The number of benzene rings is 2. The summed E-state index contributed by atoms with van der Waals surface area (Å²) < 4.78 is 0. The molecular weight excluding hydrogens is 258 g/mol. The van der Waals surface area contributed by atoms with Crippen molar-refractivity contribution in [1.82, 2.24) is 0 Å². The first-order chi connectivity index (χ1) is 10.0. The van der Waals surface area contributed by atoms with E-state index in [4.69, 9.17) is 0 Å². The van der Waals surface area contributed by atoms with Crippen molar-refractivity contribution in [3.63, 3.8) is 0 Å². The Balaban J connectivity index is 2.00. The molecule has 3 rings (SSSR count). The van der Waals surface area contributed by atoms with Crippen LogP contribution >= 0.6 is 0 Å². The molecule has 0 fully saturated rings. The van der Waals surface area contributed by atoms with Crippen LogP contribution in [0.2, 0.25) is 0 Å². The lowest BCUT2D eigenvalue weighted by molar-refractivity contribution is 0.0985. The molecule has 0 saturated carbocycles. The van der Waals surface area contributed by atoms with Crippen LogP contribution in [0.1, 0.15) is 39.0 Å². The highest BCUT2D eigenvalue weighted by atomic mass is 16.2. The number of hydrogen-bond donors (Lipinski definition) is 0. The number of aryl methyl sites for hydroxylation is 4. The summed E-state index contributed by atoms with van der Waals surface area (Å²) in [5.74, 6) is 0.117. The number of carbonyl (C=O) groups excluding carboxylic acids is 1. The number of hydrogen-bond acceptors (Lipinski definition) is 1. The average Bonchev–Trinajstić information content (AvgIpc) is 2.44. The summed E-state index contributed by atoms with van der Waals surface area (Å²) in [5.41, 5.74) is 6.70. The van der Waals surface area contributed by atoms with Gasteiger partial charge in [-0.05, 0) is 57.4 Å². The molecule has 0 radical (unpaired) electrons. The minimum Gasteiger partial charge on any atom is -0.308 e. The Hall–Kier alpha value is -2.09. The van der Waals surface area contributed by atoms with Crippen molar-refractivity contribution in [1.29, 1.82) is 0 Å². The zero-order valence-corrected chi connectivity index (χ0v) is 12.9. The summed E-state index contributed by atoms with van der Waals surface area (Å²) in [6.07, 6.45) is 2.10. The molecule has 0 N–H and O–H groups in total. The maximum absolute atomic E-state index is 12.9. The molecule has 108 valence electrons. The second-order valence-electron chi connectivity index (χ2n) is 6.07. The molecule has 0 spiro atoms. The van der Waals surface area contributed by atoms with Gasteiger partial charge in [-0.3, -0.25) is 4.79 Å². The Morgan fingerprint density at radius 1 is 0.952 bits per heavy atom. The van der Waals surface area contributed by atoms with Gasteiger partial charge in [0.15, 0.2) is 0 Å². The molecule has 21 heavy (non-hydrogen) atoms. The van der Waals surface area contributed by atoms with Gasteiger partial charge in [0.2, 0.25) is 0 Å². The summed E-state index contributed by atoms with van der Waals surface area (Å²) in [7, 11) is 0. The van der Waals surface area contributed by atoms with Crippen molar-refractivity contribution < 1.29 is 4.79 Å². The van der Waals surface area contributed by atoms with Crippen LogP contribution in [0, 0.1) is 20.8 Å². The molecule has 1 heterocycles. The summed E-state index contributed by atoms with van der Waals surface area (Å²) in [6, 6.07) is 12.5.